The fraction of sp³-hybridized carbons (Fsp3) is 0.238. The topological polar surface area (TPSA) is 9.23 Å². The van der Waals surface area contributed by atoms with Crippen molar-refractivity contribution in [1.29, 1.82) is 0 Å². The van der Waals surface area contributed by atoms with E-state index in [0.29, 0.717) is 6.61 Å². The molecular formula is C21H24O. The van der Waals surface area contributed by atoms with Crippen molar-refractivity contribution >= 4 is 12.2 Å². The second-order valence-corrected chi connectivity index (χ2v) is 5.51. The zero-order valence-corrected chi connectivity index (χ0v) is 13.7. The first-order valence-corrected chi connectivity index (χ1v) is 7.76. The highest BCUT2D eigenvalue weighted by Gasteiger charge is 2.02. The lowest BCUT2D eigenvalue weighted by Crippen LogP contribution is -1.97. The van der Waals surface area contributed by atoms with E-state index in [4.69, 9.17) is 4.74 Å². The number of rotatable bonds is 6. The molecule has 0 saturated heterocycles. The lowest BCUT2D eigenvalue weighted by Gasteiger charge is -2.09. The molecule has 0 bridgehead atoms. The summed E-state index contributed by atoms with van der Waals surface area (Å²) in [5.41, 5.74) is 6.28. The zero-order valence-electron chi connectivity index (χ0n) is 13.7. The molecule has 0 heterocycles. The number of ether oxygens (including phenoxy) is 1. The number of benzene rings is 2. The van der Waals surface area contributed by atoms with E-state index in [1.54, 1.807) is 6.08 Å². The summed E-state index contributed by atoms with van der Waals surface area (Å²) in [5.74, 6) is 0.950. The maximum atomic E-state index is 5.69. The van der Waals surface area contributed by atoms with Gasteiger partial charge in [0.15, 0.2) is 0 Å². The van der Waals surface area contributed by atoms with Gasteiger partial charge >= 0.3 is 0 Å². The van der Waals surface area contributed by atoms with Crippen LogP contribution in [0.5, 0.6) is 5.75 Å². The van der Waals surface area contributed by atoms with E-state index in [2.05, 4.69) is 69.8 Å². The predicted octanol–water partition coefficient (Wildman–Crippen LogP) is 5.60. The van der Waals surface area contributed by atoms with Crippen LogP contribution in [0.1, 0.15) is 34.7 Å². The molecule has 0 radical (unpaired) electrons. The summed E-state index contributed by atoms with van der Waals surface area (Å²) in [4.78, 5) is 0. The number of hydrogen-bond donors (Lipinski definition) is 0. The Morgan fingerprint density at radius 1 is 1.05 bits per heavy atom. The van der Waals surface area contributed by atoms with Gasteiger partial charge in [0.2, 0.25) is 0 Å². The van der Waals surface area contributed by atoms with Crippen LogP contribution >= 0.6 is 0 Å². The van der Waals surface area contributed by atoms with E-state index in [-0.39, 0.29) is 0 Å². The van der Waals surface area contributed by atoms with Gasteiger partial charge < -0.3 is 4.74 Å². The molecular weight excluding hydrogens is 268 g/mol. The molecule has 0 aliphatic heterocycles. The quantitative estimate of drug-likeness (QED) is 0.497. The molecule has 0 aliphatic rings. The molecule has 0 spiro atoms. The Balaban J connectivity index is 2.22. The summed E-state index contributed by atoms with van der Waals surface area (Å²) >= 11 is 0. The van der Waals surface area contributed by atoms with Crippen LogP contribution in [0.2, 0.25) is 0 Å². The summed E-state index contributed by atoms with van der Waals surface area (Å²) in [7, 11) is 0. The third-order valence-electron chi connectivity index (χ3n) is 3.70. The molecule has 1 heteroatoms. The first-order chi connectivity index (χ1) is 10.6. The highest BCUT2D eigenvalue weighted by Crippen LogP contribution is 2.22. The summed E-state index contributed by atoms with van der Waals surface area (Å²) in [6.45, 7) is 10.7. The van der Waals surface area contributed by atoms with Gasteiger partial charge in [-0.05, 0) is 54.7 Å². The first kappa shape index (κ1) is 16.1. The Kier molecular flexibility index (Phi) is 5.60. The van der Waals surface area contributed by atoms with E-state index < -0.39 is 0 Å². The minimum atomic E-state index is 0.546. The van der Waals surface area contributed by atoms with Gasteiger partial charge in [-0.15, -0.1) is 0 Å². The molecule has 0 aliphatic carbocycles. The molecule has 0 N–H and O–H groups in total. The maximum absolute atomic E-state index is 5.69. The van der Waals surface area contributed by atoms with Crippen LogP contribution in [-0.2, 0) is 6.42 Å². The molecule has 0 saturated carbocycles. The van der Waals surface area contributed by atoms with Crippen LogP contribution in [0.4, 0.5) is 0 Å². The zero-order chi connectivity index (χ0) is 15.9. The average Bonchev–Trinajstić information content (AvgIpc) is 2.52. The first-order valence-electron chi connectivity index (χ1n) is 7.76. The van der Waals surface area contributed by atoms with Crippen molar-refractivity contribution in [2.45, 2.75) is 27.2 Å². The summed E-state index contributed by atoms with van der Waals surface area (Å²) in [6.07, 6.45) is 7.06. The molecule has 2 aromatic carbocycles. The van der Waals surface area contributed by atoms with Gasteiger partial charge in [-0.2, -0.15) is 0 Å². The smallest absolute Gasteiger partial charge is 0.122 e. The third kappa shape index (κ3) is 4.11. The molecule has 22 heavy (non-hydrogen) atoms. The monoisotopic (exact) mass is 292 g/mol. The molecule has 0 amide bonds. The minimum absolute atomic E-state index is 0.546. The Labute approximate surface area is 134 Å². The lowest BCUT2D eigenvalue weighted by atomic mass is 10.0. The van der Waals surface area contributed by atoms with Crippen LogP contribution < -0.4 is 4.74 Å². The third-order valence-corrected chi connectivity index (χ3v) is 3.70. The molecule has 0 unspecified atom stereocenters. The van der Waals surface area contributed by atoms with Crippen LogP contribution in [0.3, 0.4) is 0 Å². The molecule has 114 valence electrons. The van der Waals surface area contributed by atoms with E-state index in [0.717, 1.165) is 12.2 Å². The largest absolute Gasteiger partial charge is 0.489 e. The summed E-state index contributed by atoms with van der Waals surface area (Å²) < 4.78 is 5.69. The van der Waals surface area contributed by atoms with Crippen LogP contribution in [0, 0.1) is 13.8 Å². The standard InChI is InChI=1S/C21H24O/c1-5-13-22-21-12-9-18(15-19(21)6-2)8-11-20-10-7-16(3)14-17(20)4/h5,7-12,14-15H,1,6,13H2,2-4H3/b11-8+. The number of hydrogen-bond acceptors (Lipinski definition) is 1. The molecule has 1 nitrogen and oxygen atoms in total. The van der Waals surface area contributed by atoms with Crippen molar-refractivity contribution in [3.8, 4) is 5.75 Å². The average molecular weight is 292 g/mol. The van der Waals surface area contributed by atoms with Gasteiger partial charge in [0.25, 0.3) is 0 Å². The van der Waals surface area contributed by atoms with Gasteiger partial charge in [-0.25, -0.2) is 0 Å². The SMILES string of the molecule is C=CCOc1ccc(/C=C/c2ccc(C)cc2C)cc1CC. The van der Waals surface area contributed by atoms with E-state index >= 15 is 0 Å². The van der Waals surface area contributed by atoms with Crippen LogP contribution in [0.25, 0.3) is 12.2 Å². The van der Waals surface area contributed by atoms with Crippen molar-refractivity contribution in [3.05, 3.63) is 76.9 Å². The Bertz CT molecular complexity index is 680. The van der Waals surface area contributed by atoms with Gasteiger partial charge in [-0.1, -0.05) is 61.6 Å². The lowest BCUT2D eigenvalue weighted by molar-refractivity contribution is 0.359. The highest BCUT2D eigenvalue weighted by atomic mass is 16.5. The summed E-state index contributed by atoms with van der Waals surface area (Å²) in [6, 6.07) is 12.9. The second kappa shape index (κ2) is 7.65. The van der Waals surface area contributed by atoms with Crippen molar-refractivity contribution in [2.24, 2.45) is 0 Å². The predicted molar refractivity (Wildman–Crippen MR) is 96.4 cm³/mol. The van der Waals surface area contributed by atoms with Crippen LogP contribution in [0.15, 0.2) is 49.1 Å². The fourth-order valence-electron chi connectivity index (χ4n) is 2.47. The normalized spacial score (nSPS) is 10.9. The van der Waals surface area contributed by atoms with Gasteiger partial charge in [0.05, 0.1) is 0 Å². The van der Waals surface area contributed by atoms with Gasteiger partial charge in [0.1, 0.15) is 12.4 Å². The Morgan fingerprint density at radius 3 is 2.55 bits per heavy atom. The second-order valence-electron chi connectivity index (χ2n) is 5.51. The van der Waals surface area contributed by atoms with Gasteiger partial charge in [0, 0.05) is 0 Å². The number of aryl methyl sites for hydroxylation is 3. The minimum Gasteiger partial charge on any atom is -0.489 e. The van der Waals surface area contributed by atoms with Crippen molar-refractivity contribution in [3.63, 3.8) is 0 Å². The van der Waals surface area contributed by atoms with E-state index in [9.17, 15) is 0 Å². The molecule has 0 atom stereocenters. The Hall–Kier alpha value is -2.28. The Morgan fingerprint density at radius 2 is 1.86 bits per heavy atom. The molecule has 0 aromatic heterocycles. The van der Waals surface area contributed by atoms with Crippen molar-refractivity contribution in [2.75, 3.05) is 6.61 Å². The van der Waals surface area contributed by atoms with Crippen molar-refractivity contribution < 1.29 is 4.74 Å². The summed E-state index contributed by atoms with van der Waals surface area (Å²) in [5, 5.41) is 0. The van der Waals surface area contributed by atoms with Gasteiger partial charge in [-0.3, -0.25) is 0 Å². The molecule has 2 aromatic rings. The fourth-order valence-corrected chi connectivity index (χ4v) is 2.47. The maximum Gasteiger partial charge on any atom is 0.122 e. The van der Waals surface area contributed by atoms with E-state index in [1.165, 1.54) is 27.8 Å². The van der Waals surface area contributed by atoms with Crippen LogP contribution in [-0.4, -0.2) is 6.61 Å². The molecule has 2 rings (SSSR count). The molecule has 0 fully saturated rings. The highest BCUT2D eigenvalue weighted by molar-refractivity contribution is 5.72. The van der Waals surface area contributed by atoms with Crippen molar-refractivity contribution in [1.82, 2.24) is 0 Å². The van der Waals surface area contributed by atoms with E-state index in [1.807, 2.05) is 6.07 Å².